The number of amides is 1. The number of piperidine rings is 2. The van der Waals surface area contributed by atoms with E-state index in [1.165, 1.54) is 0 Å². The lowest BCUT2D eigenvalue weighted by atomic mass is 9.52. The molecule has 6 heterocycles. The molecule has 7 rings (SSSR count). The molecule has 1 saturated carbocycles. The average Bonchev–Trinajstić information content (AvgIpc) is 3.58. The van der Waals surface area contributed by atoms with Crippen LogP contribution >= 0.6 is 0 Å². The summed E-state index contributed by atoms with van der Waals surface area (Å²) in [5, 5.41) is 11.1. The van der Waals surface area contributed by atoms with Crippen LogP contribution in [0.3, 0.4) is 0 Å². The Hall–Kier alpha value is -4.66. The van der Waals surface area contributed by atoms with Gasteiger partial charge < -0.3 is 29.9 Å². The zero-order valence-electron chi connectivity index (χ0n) is 31.9. The summed E-state index contributed by atoms with van der Waals surface area (Å²) in [6, 6.07) is 5.67. The smallest absolute Gasteiger partial charge is 0.265 e. The van der Waals surface area contributed by atoms with Gasteiger partial charge in [-0.2, -0.15) is 9.61 Å². The summed E-state index contributed by atoms with van der Waals surface area (Å²) in [6.07, 6.45) is 10.7. The van der Waals surface area contributed by atoms with Crippen LogP contribution in [0.2, 0.25) is 0 Å². The lowest BCUT2D eigenvalue weighted by Gasteiger charge is -2.57. The lowest BCUT2D eigenvalue weighted by molar-refractivity contribution is -0.0366. The van der Waals surface area contributed by atoms with Gasteiger partial charge >= 0.3 is 0 Å². The molecule has 54 heavy (non-hydrogen) atoms. The predicted octanol–water partition coefficient (Wildman–Crippen LogP) is 5.94. The van der Waals surface area contributed by atoms with Crippen molar-refractivity contribution in [3.8, 4) is 5.88 Å². The number of carbonyl (C=O) groups is 1. The standard InChI is InChI=1S/C39H52F2N10O3/c1-6-27-23-46-51-30(18-31(47-33(27)51)50-13-7-12-39(40,41)25-50)42-19-26-8-9-32(43-20-26)54-17-16-53-29-10-14-49(15-11-29)36-44-21-28(22-45-36)34(52)48-35-37(2,3)24-38(35,4)5/h8-9,18,20-23,29,35,42H,6-7,10-17,19,24-25H2,1-5H3,(H,48,52). The third-order valence-electron chi connectivity index (χ3n) is 11.0. The summed E-state index contributed by atoms with van der Waals surface area (Å²) in [5.41, 5.74) is 3.17. The number of carbonyl (C=O) groups excluding carboxylic acids is 1. The molecular weight excluding hydrogens is 694 g/mol. The largest absolute Gasteiger partial charge is 0.475 e. The fourth-order valence-corrected chi connectivity index (χ4v) is 8.58. The molecule has 1 amide bonds. The number of aromatic nitrogens is 6. The van der Waals surface area contributed by atoms with Crippen molar-refractivity contribution in [2.45, 2.75) is 97.8 Å². The number of hydrogen-bond donors (Lipinski definition) is 2. The second-order valence-electron chi connectivity index (χ2n) is 16.2. The van der Waals surface area contributed by atoms with Crippen LogP contribution in [0, 0.1) is 10.8 Å². The lowest BCUT2D eigenvalue weighted by Crippen LogP contribution is -2.63. The summed E-state index contributed by atoms with van der Waals surface area (Å²) >= 11 is 0. The number of rotatable bonds is 13. The molecule has 2 saturated heterocycles. The van der Waals surface area contributed by atoms with Crippen molar-refractivity contribution in [2.75, 3.05) is 54.5 Å². The Morgan fingerprint density at radius 2 is 1.72 bits per heavy atom. The highest BCUT2D eigenvalue weighted by Gasteiger charge is 2.53. The molecule has 0 bridgehead atoms. The van der Waals surface area contributed by atoms with Gasteiger partial charge in [-0.15, -0.1) is 0 Å². The number of nitrogens with one attached hydrogen (secondary N) is 2. The highest BCUT2D eigenvalue weighted by Crippen LogP contribution is 2.53. The van der Waals surface area contributed by atoms with Gasteiger partial charge in [-0.3, -0.25) is 4.79 Å². The number of aryl methyl sites for hydroxylation is 1. The van der Waals surface area contributed by atoms with Gasteiger partial charge in [0.25, 0.3) is 11.8 Å². The Morgan fingerprint density at radius 3 is 2.39 bits per heavy atom. The Balaban J connectivity index is 0.838. The summed E-state index contributed by atoms with van der Waals surface area (Å²) in [6.45, 7) is 13.8. The molecular formula is C39H52F2N10O3. The minimum absolute atomic E-state index is 0.0741. The van der Waals surface area contributed by atoms with Crippen molar-refractivity contribution in [1.82, 2.24) is 34.9 Å². The van der Waals surface area contributed by atoms with E-state index in [0.29, 0.717) is 67.4 Å². The molecule has 3 fully saturated rings. The van der Waals surface area contributed by atoms with Crippen LogP contribution in [0.25, 0.3) is 5.65 Å². The molecule has 1 aliphatic carbocycles. The number of alkyl halides is 2. The van der Waals surface area contributed by atoms with E-state index in [4.69, 9.17) is 14.5 Å². The van der Waals surface area contributed by atoms with E-state index in [9.17, 15) is 13.6 Å². The van der Waals surface area contributed by atoms with Crippen molar-refractivity contribution >= 4 is 29.1 Å². The maximum Gasteiger partial charge on any atom is 0.265 e. The molecule has 4 aromatic rings. The van der Waals surface area contributed by atoms with Crippen LogP contribution in [-0.4, -0.2) is 92.9 Å². The highest BCUT2D eigenvalue weighted by molar-refractivity contribution is 5.94. The van der Waals surface area contributed by atoms with Crippen molar-refractivity contribution in [1.29, 1.82) is 0 Å². The second kappa shape index (κ2) is 15.2. The van der Waals surface area contributed by atoms with E-state index in [-0.39, 0.29) is 41.8 Å². The number of fused-ring (bicyclic) bond motifs is 1. The zero-order chi connectivity index (χ0) is 38.1. The van der Waals surface area contributed by atoms with Crippen LogP contribution in [0.1, 0.15) is 88.2 Å². The van der Waals surface area contributed by atoms with Crippen LogP contribution < -0.4 is 25.2 Å². The fraction of sp³-hybridized carbons (Fsp3) is 0.590. The summed E-state index contributed by atoms with van der Waals surface area (Å²) < 4.78 is 42.2. The number of anilines is 3. The van der Waals surface area contributed by atoms with E-state index in [2.05, 4.69) is 63.3 Å². The summed E-state index contributed by atoms with van der Waals surface area (Å²) in [5.74, 6) is -0.537. The minimum Gasteiger partial charge on any atom is -0.475 e. The fourth-order valence-electron chi connectivity index (χ4n) is 8.58. The molecule has 2 N–H and O–H groups in total. The van der Waals surface area contributed by atoms with Gasteiger partial charge in [-0.05, 0) is 48.5 Å². The Kier molecular flexibility index (Phi) is 10.6. The van der Waals surface area contributed by atoms with E-state index in [1.54, 1.807) is 40.3 Å². The molecule has 0 spiro atoms. The van der Waals surface area contributed by atoms with Gasteiger partial charge in [0.15, 0.2) is 5.65 Å². The molecule has 0 aromatic carbocycles. The average molecular weight is 747 g/mol. The first-order valence-corrected chi connectivity index (χ1v) is 19.1. The normalized spacial score (nSPS) is 19.8. The van der Waals surface area contributed by atoms with Gasteiger partial charge in [0.05, 0.1) is 31.0 Å². The van der Waals surface area contributed by atoms with Crippen molar-refractivity contribution in [3.05, 3.63) is 59.7 Å². The van der Waals surface area contributed by atoms with Gasteiger partial charge in [0, 0.05) is 74.9 Å². The Bertz CT molecular complexity index is 1900. The molecule has 15 heteroatoms. The maximum absolute atomic E-state index is 14.2. The quantitative estimate of drug-likeness (QED) is 0.157. The molecule has 0 unspecified atom stereocenters. The highest BCUT2D eigenvalue weighted by atomic mass is 19.3. The third kappa shape index (κ3) is 8.35. The van der Waals surface area contributed by atoms with E-state index in [1.807, 2.05) is 19.1 Å². The van der Waals surface area contributed by atoms with Crippen molar-refractivity contribution in [3.63, 3.8) is 0 Å². The van der Waals surface area contributed by atoms with Crippen LogP contribution in [-0.2, 0) is 17.7 Å². The second-order valence-corrected chi connectivity index (χ2v) is 16.2. The number of hydrogen-bond acceptors (Lipinski definition) is 11. The maximum atomic E-state index is 14.2. The number of nitrogens with zero attached hydrogens (tertiary/aromatic N) is 8. The summed E-state index contributed by atoms with van der Waals surface area (Å²) in [4.78, 5) is 34.9. The van der Waals surface area contributed by atoms with Crippen molar-refractivity contribution in [2.24, 2.45) is 10.8 Å². The van der Waals surface area contributed by atoms with Crippen LogP contribution in [0.4, 0.5) is 26.4 Å². The summed E-state index contributed by atoms with van der Waals surface area (Å²) in [7, 11) is 0. The monoisotopic (exact) mass is 746 g/mol. The molecule has 13 nitrogen and oxygen atoms in total. The first-order valence-electron chi connectivity index (χ1n) is 19.1. The molecule has 4 aromatic heterocycles. The Labute approximate surface area is 315 Å². The molecule has 0 radical (unpaired) electrons. The van der Waals surface area contributed by atoms with Crippen molar-refractivity contribution < 1.29 is 23.0 Å². The number of pyridine rings is 1. The van der Waals surface area contributed by atoms with E-state index < -0.39 is 5.92 Å². The minimum atomic E-state index is -2.73. The van der Waals surface area contributed by atoms with Gasteiger partial charge in [0.1, 0.15) is 18.2 Å². The van der Waals surface area contributed by atoms with E-state index >= 15 is 0 Å². The van der Waals surface area contributed by atoms with Crippen LogP contribution in [0.15, 0.2) is 43.0 Å². The Morgan fingerprint density at radius 1 is 0.963 bits per heavy atom. The van der Waals surface area contributed by atoms with Gasteiger partial charge in [-0.25, -0.2) is 28.7 Å². The molecule has 2 aliphatic heterocycles. The topological polar surface area (TPSA) is 135 Å². The molecule has 0 atom stereocenters. The van der Waals surface area contributed by atoms with E-state index in [0.717, 1.165) is 49.9 Å². The predicted molar refractivity (Wildman–Crippen MR) is 202 cm³/mol. The first kappa shape index (κ1) is 37.6. The van der Waals surface area contributed by atoms with Gasteiger partial charge in [0.2, 0.25) is 11.8 Å². The first-order chi connectivity index (χ1) is 25.8. The number of ether oxygens (including phenoxy) is 2. The number of halogens is 2. The molecule has 3 aliphatic rings. The molecule has 290 valence electrons. The van der Waals surface area contributed by atoms with Crippen LogP contribution in [0.5, 0.6) is 5.88 Å². The SMILES string of the molecule is CCc1cnn2c(NCc3ccc(OCCOC4CCN(c5ncc(C(=O)NC6C(C)(C)CC6(C)C)cn5)CC4)nc3)cc(N3CCCC(F)(F)C3)nc12. The van der Waals surface area contributed by atoms with Gasteiger partial charge in [-0.1, -0.05) is 40.7 Å². The zero-order valence-corrected chi connectivity index (χ0v) is 31.9. The third-order valence-corrected chi connectivity index (χ3v) is 11.0.